The van der Waals surface area contributed by atoms with E-state index in [9.17, 15) is 9.18 Å². The quantitative estimate of drug-likeness (QED) is 0.560. The predicted molar refractivity (Wildman–Crippen MR) is 79.2 cm³/mol. The van der Waals surface area contributed by atoms with Crippen molar-refractivity contribution in [3.8, 4) is 0 Å². The van der Waals surface area contributed by atoms with E-state index in [1.54, 1.807) is 0 Å². The van der Waals surface area contributed by atoms with E-state index in [4.69, 9.17) is 5.84 Å². The van der Waals surface area contributed by atoms with E-state index in [1.165, 1.54) is 12.3 Å². The molecule has 4 N–H and O–H groups in total. The average Bonchev–Trinajstić information content (AvgIpc) is 2.49. The minimum Gasteiger partial charge on any atom is -0.349 e. The summed E-state index contributed by atoms with van der Waals surface area (Å²) >= 11 is 0. The number of likely N-dealkylation sites (tertiary alicyclic amines) is 1. The molecule has 1 aromatic heterocycles. The van der Waals surface area contributed by atoms with Gasteiger partial charge >= 0.3 is 0 Å². The highest BCUT2D eigenvalue weighted by atomic mass is 19.1. The summed E-state index contributed by atoms with van der Waals surface area (Å²) in [7, 11) is 0. The molecule has 21 heavy (non-hydrogen) atoms. The maximum absolute atomic E-state index is 14.0. The van der Waals surface area contributed by atoms with Crippen LogP contribution in [0.3, 0.4) is 0 Å². The first-order valence-corrected chi connectivity index (χ1v) is 7.30. The third kappa shape index (κ3) is 3.89. The van der Waals surface area contributed by atoms with Crippen LogP contribution in [-0.4, -0.2) is 41.5 Å². The summed E-state index contributed by atoms with van der Waals surface area (Å²) in [6.07, 6.45) is 4.27. The number of amides is 1. The zero-order chi connectivity index (χ0) is 15.2. The first kappa shape index (κ1) is 15.7. The monoisotopic (exact) mass is 295 g/mol. The summed E-state index contributed by atoms with van der Waals surface area (Å²) in [6.45, 7) is 5.18. The number of anilines is 1. The van der Waals surface area contributed by atoms with Gasteiger partial charge < -0.3 is 15.6 Å². The first-order valence-electron chi connectivity index (χ1n) is 7.30. The SMILES string of the molecule is CCCN1CCC(NC(=O)c2ccnc(NN)c2F)CC1. The van der Waals surface area contributed by atoms with Gasteiger partial charge in [-0.2, -0.15) is 0 Å². The highest BCUT2D eigenvalue weighted by Crippen LogP contribution is 2.16. The van der Waals surface area contributed by atoms with Gasteiger partial charge in [-0.1, -0.05) is 6.92 Å². The van der Waals surface area contributed by atoms with Gasteiger partial charge in [0.2, 0.25) is 0 Å². The van der Waals surface area contributed by atoms with Gasteiger partial charge in [0.1, 0.15) is 0 Å². The Balaban J connectivity index is 1.94. The molecule has 1 saturated heterocycles. The predicted octanol–water partition coefficient (Wildman–Crippen LogP) is 1.11. The lowest BCUT2D eigenvalue weighted by Gasteiger charge is -2.32. The average molecular weight is 295 g/mol. The van der Waals surface area contributed by atoms with Gasteiger partial charge in [-0.3, -0.25) is 4.79 Å². The van der Waals surface area contributed by atoms with Crippen LogP contribution in [0, 0.1) is 5.82 Å². The van der Waals surface area contributed by atoms with Gasteiger partial charge in [0.05, 0.1) is 5.56 Å². The molecular formula is C14H22FN5O. The number of nitrogens with zero attached hydrogens (tertiary/aromatic N) is 2. The van der Waals surface area contributed by atoms with Crippen LogP contribution < -0.4 is 16.6 Å². The molecule has 0 aliphatic carbocycles. The number of aromatic nitrogens is 1. The van der Waals surface area contributed by atoms with Crippen LogP contribution >= 0.6 is 0 Å². The summed E-state index contributed by atoms with van der Waals surface area (Å²) in [5, 5.41) is 2.89. The van der Waals surface area contributed by atoms with Crippen molar-refractivity contribution >= 4 is 11.7 Å². The minimum absolute atomic E-state index is 0.0334. The van der Waals surface area contributed by atoms with Crippen molar-refractivity contribution in [2.24, 2.45) is 5.84 Å². The van der Waals surface area contributed by atoms with Gasteiger partial charge in [-0.15, -0.1) is 0 Å². The Morgan fingerprint density at radius 3 is 2.86 bits per heavy atom. The number of halogens is 1. The Labute approximate surface area is 123 Å². The molecule has 0 radical (unpaired) electrons. The highest BCUT2D eigenvalue weighted by molar-refractivity contribution is 5.95. The fourth-order valence-corrected chi connectivity index (χ4v) is 2.60. The second kappa shape index (κ2) is 7.33. The number of nitrogens with one attached hydrogen (secondary N) is 2. The van der Waals surface area contributed by atoms with Crippen LogP contribution in [0.15, 0.2) is 12.3 Å². The van der Waals surface area contributed by atoms with Crippen molar-refractivity contribution in [3.63, 3.8) is 0 Å². The van der Waals surface area contributed by atoms with Crippen molar-refractivity contribution < 1.29 is 9.18 Å². The van der Waals surface area contributed by atoms with Crippen LogP contribution in [0.25, 0.3) is 0 Å². The van der Waals surface area contributed by atoms with Crippen LogP contribution in [0.2, 0.25) is 0 Å². The van der Waals surface area contributed by atoms with Gasteiger partial charge in [0, 0.05) is 25.3 Å². The zero-order valence-corrected chi connectivity index (χ0v) is 12.2. The summed E-state index contributed by atoms with van der Waals surface area (Å²) in [6, 6.07) is 1.45. The lowest BCUT2D eigenvalue weighted by molar-refractivity contribution is 0.0907. The lowest BCUT2D eigenvalue weighted by Crippen LogP contribution is -2.45. The number of hydrazine groups is 1. The zero-order valence-electron chi connectivity index (χ0n) is 12.2. The van der Waals surface area contributed by atoms with Crippen LogP contribution in [0.1, 0.15) is 36.5 Å². The number of hydrogen-bond acceptors (Lipinski definition) is 5. The Morgan fingerprint density at radius 1 is 1.52 bits per heavy atom. The van der Waals surface area contributed by atoms with Gasteiger partial charge in [-0.25, -0.2) is 15.2 Å². The van der Waals surface area contributed by atoms with E-state index in [1.807, 2.05) is 0 Å². The van der Waals surface area contributed by atoms with Crippen molar-refractivity contribution in [2.75, 3.05) is 25.1 Å². The fraction of sp³-hybridized carbons (Fsp3) is 0.571. The molecule has 1 fully saturated rings. The van der Waals surface area contributed by atoms with Gasteiger partial charge in [-0.05, 0) is 31.9 Å². The molecule has 1 aliphatic rings. The molecule has 2 rings (SSSR count). The molecule has 0 bridgehead atoms. The second-order valence-corrected chi connectivity index (χ2v) is 5.25. The number of carbonyl (C=O) groups is 1. The van der Waals surface area contributed by atoms with E-state index in [0.717, 1.165) is 38.9 Å². The fourth-order valence-electron chi connectivity index (χ4n) is 2.60. The number of nitrogen functional groups attached to an aromatic ring is 1. The molecule has 7 heteroatoms. The Kier molecular flexibility index (Phi) is 5.46. The van der Waals surface area contributed by atoms with Crippen molar-refractivity contribution in [1.29, 1.82) is 0 Å². The molecule has 1 amide bonds. The molecule has 0 atom stereocenters. The number of pyridine rings is 1. The normalized spacial score (nSPS) is 16.7. The maximum Gasteiger partial charge on any atom is 0.254 e. The summed E-state index contributed by atoms with van der Waals surface area (Å²) in [5.74, 6) is 3.90. The third-order valence-corrected chi connectivity index (χ3v) is 3.73. The number of hydrogen-bond donors (Lipinski definition) is 3. The number of rotatable bonds is 5. The van der Waals surface area contributed by atoms with Crippen LogP contribution in [-0.2, 0) is 0 Å². The van der Waals surface area contributed by atoms with E-state index < -0.39 is 11.7 Å². The van der Waals surface area contributed by atoms with Gasteiger partial charge in [0.25, 0.3) is 5.91 Å². The van der Waals surface area contributed by atoms with E-state index >= 15 is 0 Å². The molecule has 116 valence electrons. The molecule has 0 spiro atoms. The summed E-state index contributed by atoms with van der Waals surface area (Å²) < 4.78 is 14.0. The maximum atomic E-state index is 14.0. The van der Waals surface area contributed by atoms with Gasteiger partial charge in [0.15, 0.2) is 11.6 Å². The molecule has 1 aromatic rings. The second-order valence-electron chi connectivity index (χ2n) is 5.25. The smallest absolute Gasteiger partial charge is 0.254 e. The molecule has 0 saturated carbocycles. The summed E-state index contributed by atoms with van der Waals surface area (Å²) in [5.41, 5.74) is 2.11. The topological polar surface area (TPSA) is 83.3 Å². The largest absolute Gasteiger partial charge is 0.349 e. The van der Waals surface area contributed by atoms with Crippen molar-refractivity contribution in [1.82, 2.24) is 15.2 Å². The molecule has 0 unspecified atom stereocenters. The lowest BCUT2D eigenvalue weighted by atomic mass is 10.0. The van der Waals surface area contributed by atoms with Crippen LogP contribution in [0.4, 0.5) is 10.2 Å². The molecule has 2 heterocycles. The van der Waals surface area contributed by atoms with E-state index in [-0.39, 0.29) is 17.4 Å². The number of carbonyl (C=O) groups excluding carboxylic acids is 1. The van der Waals surface area contributed by atoms with Crippen molar-refractivity contribution in [3.05, 3.63) is 23.6 Å². The van der Waals surface area contributed by atoms with E-state index in [2.05, 4.69) is 27.6 Å². The number of piperidine rings is 1. The first-order chi connectivity index (χ1) is 10.2. The molecule has 6 nitrogen and oxygen atoms in total. The third-order valence-electron chi connectivity index (χ3n) is 3.73. The van der Waals surface area contributed by atoms with E-state index in [0.29, 0.717) is 0 Å². The number of nitrogens with two attached hydrogens (primary N) is 1. The Morgan fingerprint density at radius 2 is 2.24 bits per heavy atom. The van der Waals surface area contributed by atoms with Crippen molar-refractivity contribution in [2.45, 2.75) is 32.2 Å². The summed E-state index contributed by atoms with van der Waals surface area (Å²) in [4.78, 5) is 18.2. The Bertz CT molecular complexity index is 488. The molecular weight excluding hydrogens is 273 g/mol. The van der Waals surface area contributed by atoms with Crippen LogP contribution in [0.5, 0.6) is 0 Å². The minimum atomic E-state index is -0.721. The standard InChI is InChI=1S/C14H22FN5O/c1-2-7-20-8-4-10(5-9-20)18-14(21)11-3-6-17-13(19-16)12(11)15/h3,6,10H,2,4-5,7-9,16H2,1H3,(H,17,19)(H,18,21). The molecule has 1 aliphatic heterocycles. The highest BCUT2D eigenvalue weighted by Gasteiger charge is 2.22. The Hall–Kier alpha value is -1.73. The molecule has 0 aromatic carbocycles.